The number of benzene rings is 2. The van der Waals surface area contributed by atoms with Gasteiger partial charge in [0, 0.05) is 50.6 Å². The number of pyridine rings is 1. The number of anilines is 2. The van der Waals surface area contributed by atoms with Gasteiger partial charge in [0.1, 0.15) is 0 Å². The third-order valence-electron chi connectivity index (χ3n) is 7.20. The van der Waals surface area contributed by atoms with Crippen LogP contribution in [0.5, 0.6) is 0 Å². The molecule has 2 aromatic carbocycles. The van der Waals surface area contributed by atoms with Crippen LogP contribution in [-0.2, 0) is 9.59 Å². The highest BCUT2D eigenvalue weighted by atomic mass is 16.4. The van der Waals surface area contributed by atoms with Crippen molar-refractivity contribution in [2.24, 2.45) is 5.41 Å². The molecular weight excluding hydrogens is 546 g/mol. The Morgan fingerprint density at radius 3 is 2.26 bits per heavy atom. The van der Waals surface area contributed by atoms with Crippen LogP contribution < -0.4 is 15.5 Å². The maximum absolute atomic E-state index is 13.4. The zero-order chi connectivity index (χ0) is 31.1. The number of carboxylic acid groups (broad SMARTS) is 1. The second kappa shape index (κ2) is 13.5. The number of carboxylic acids is 1. The van der Waals surface area contributed by atoms with Gasteiger partial charge in [0.05, 0.1) is 29.4 Å². The molecule has 1 unspecified atom stereocenters. The van der Waals surface area contributed by atoms with Crippen molar-refractivity contribution in [1.82, 2.24) is 15.2 Å². The highest BCUT2D eigenvalue weighted by Gasteiger charge is 2.26. The molecule has 10 nitrogen and oxygen atoms in total. The van der Waals surface area contributed by atoms with Gasteiger partial charge in [-0.1, -0.05) is 50.6 Å². The molecule has 1 aliphatic heterocycles. The molecule has 3 N–H and O–H groups in total. The van der Waals surface area contributed by atoms with Crippen LogP contribution in [0.2, 0.25) is 0 Å². The van der Waals surface area contributed by atoms with Gasteiger partial charge in [0.2, 0.25) is 5.91 Å². The molecule has 1 fully saturated rings. The minimum atomic E-state index is -1.03. The summed E-state index contributed by atoms with van der Waals surface area (Å²) >= 11 is 0. The third kappa shape index (κ3) is 8.64. The number of piperazine rings is 1. The highest BCUT2D eigenvalue weighted by Crippen LogP contribution is 2.30. The van der Waals surface area contributed by atoms with Crippen molar-refractivity contribution in [3.8, 4) is 0 Å². The van der Waals surface area contributed by atoms with E-state index >= 15 is 0 Å². The van der Waals surface area contributed by atoms with E-state index in [2.05, 4.69) is 20.5 Å². The Labute approximate surface area is 252 Å². The van der Waals surface area contributed by atoms with E-state index in [0.29, 0.717) is 48.6 Å². The lowest BCUT2D eigenvalue weighted by molar-refractivity contribution is -0.137. The number of amides is 3. The standard InChI is InChI=1S/C33H39N5O5/c1-22-7-9-23(10-8-22)26(19-30(40)41)36-31(42)24-11-12-28(27(18-24)35-29(39)20-33(2,3)4)37-14-16-38(17-15-37)32(43)25-6-5-13-34-21-25/h5-13,18,21,26H,14-17,19-20H2,1-4H3,(H,35,39)(H,36,42)(H,40,41). The maximum atomic E-state index is 13.4. The summed E-state index contributed by atoms with van der Waals surface area (Å²) in [5.74, 6) is -1.74. The van der Waals surface area contributed by atoms with Gasteiger partial charge in [-0.2, -0.15) is 0 Å². The van der Waals surface area contributed by atoms with E-state index in [0.717, 1.165) is 11.3 Å². The Morgan fingerprint density at radius 2 is 1.65 bits per heavy atom. The number of aromatic nitrogens is 1. The molecule has 0 spiro atoms. The topological polar surface area (TPSA) is 132 Å². The monoisotopic (exact) mass is 585 g/mol. The average molecular weight is 586 g/mol. The molecule has 0 radical (unpaired) electrons. The van der Waals surface area contributed by atoms with Crippen LogP contribution in [0.3, 0.4) is 0 Å². The van der Waals surface area contributed by atoms with Crippen molar-refractivity contribution in [1.29, 1.82) is 0 Å². The Morgan fingerprint density at radius 1 is 0.953 bits per heavy atom. The van der Waals surface area contributed by atoms with Crippen molar-refractivity contribution < 1.29 is 24.3 Å². The molecule has 0 bridgehead atoms. The number of aliphatic carboxylic acids is 1. The molecule has 10 heteroatoms. The lowest BCUT2D eigenvalue weighted by Gasteiger charge is -2.37. The van der Waals surface area contributed by atoms with Crippen molar-refractivity contribution in [2.45, 2.75) is 46.6 Å². The first-order chi connectivity index (χ1) is 20.4. The Bertz CT molecular complexity index is 1460. The molecular formula is C33H39N5O5. The van der Waals surface area contributed by atoms with E-state index in [4.69, 9.17) is 0 Å². The summed E-state index contributed by atoms with van der Waals surface area (Å²) in [5.41, 5.74) is 3.53. The number of rotatable bonds is 9. The third-order valence-corrected chi connectivity index (χ3v) is 7.20. The Balaban J connectivity index is 1.56. The first kappa shape index (κ1) is 31.2. The predicted octanol–water partition coefficient (Wildman–Crippen LogP) is 4.67. The number of carbonyl (C=O) groups excluding carboxylic acids is 3. The van der Waals surface area contributed by atoms with E-state index in [-0.39, 0.29) is 30.1 Å². The zero-order valence-electron chi connectivity index (χ0n) is 25.1. The van der Waals surface area contributed by atoms with Crippen LogP contribution in [0.25, 0.3) is 0 Å². The van der Waals surface area contributed by atoms with Crippen LogP contribution >= 0.6 is 0 Å². The van der Waals surface area contributed by atoms with Crippen LogP contribution in [-0.4, -0.2) is 64.9 Å². The molecule has 1 aliphatic rings. The summed E-state index contributed by atoms with van der Waals surface area (Å²) in [6.07, 6.45) is 3.19. The van der Waals surface area contributed by atoms with E-state index in [1.165, 1.54) is 0 Å². The molecule has 4 rings (SSSR count). The molecule has 3 amide bonds. The van der Waals surface area contributed by atoms with Gasteiger partial charge in [-0.15, -0.1) is 0 Å². The lowest BCUT2D eigenvalue weighted by Crippen LogP contribution is -2.49. The first-order valence-corrected chi connectivity index (χ1v) is 14.4. The predicted molar refractivity (Wildman–Crippen MR) is 165 cm³/mol. The number of carbonyl (C=O) groups is 4. The zero-order valence-corrected chi connectivity index (χ0v) is 25.1. The van der Waals surface area contributed by atoms with Gasteiger partial charge in [0.25, 0.3) is 11.8 Å². The van der Waals surface area contributed by atoms with Crippen molar-refractivity contribution in [2.75, 3.05) is 36.4 Å². The lowest BCUT2D eigenvalue weighted by atomic mass is 9.92. The molecule has 2 heterocycles. The van der Waals surface area contributed by atoms with Crippen molar-refractivity contribution in [3.63, 3.8) is 0 Å². The molecule has 0 saturated carbocycles. The molecule has 1 saturated heterocycles. The first-order valence-electron chi connectivity index (χ1n) is 14.4. The molecule has 43 heavy (non-hydrogen) atoms. The summed E-state index contributed by atoms with van der Waals surface area (Å²) in [7, 11) is 0. The highest BCUT2D eigenvalue weighted by molar-refractivity contribution is 6.00. The summed E-state index contributed by atoms with van der Waals surface area (Å²) in [6.45, 7) is 9.90. The van der Waals surface area contributed by atoms with E-state index in [1.807, 2.05) is 52.0 Å². The summed E-state index contributed by atoms with van der Waals surface area (Å²) < 4.78 is 0. The molecule has 226 valence electrons. The smallest absolute Gasteiger partial charge is 0.305 e. The van der Waals surface area contributed by atoms with E-state index in [9.17, 15) is 24.3 Å². The Hall–Kier alpha value is -4.73. The summed E-state index contributed by atoms with van der Waals surface area (Å²) in [4.78, 5) is 58.8. The number of nitrogens with one attached hydrogen (secondary N) is 2. The van der Waals surface area contributed by atoms with Gasteiger partial charge < -0.3 is 25.5 Å². The fourth-order valence-electron chi connectivity index (χ4n) is 5.02. The fraction of sp³-hybridized carbons (Fsp3) is 0.364. The summed E-state index contributed by atoms with van der Waals surface area (Å²) in [6, 6.07) is 15.2. The Kier molecular flexibility index (Phi) is 9.80. The largest absolute Gasteiger partial charge is 0.481 e. The minimum absolute atomic E-state index is 0.0806. The number of aryl methyl sites for hydroxylation is 1. The molecule has 1 aromatic heterocycles. The van der Waals surface area contributed by atoms with Gasteiger partial charge in [0.15, 0.2) is 0 Å². The number of hydrogen-bond acceptors (Lipinski definition) is 6. The second-order valence-electron chi connectivity index (χ2n) is 12.1. The number of nitrogens with zero attached hydrogens (tertiary/aromatic N) is 3. The average Bonchev–Trinajstić information content (AvgIpc) is 2.96. The van der Waals surface area contributed by atoms with Crippen LogP contribution in [0.15, 0.2) is 67.0 Å². The van der Waals surface area contributed by atoms with Gasteiger partial charge in [-0.05, 0) is 48.2 Å². The minimum Gasteiger partial charge on any atom is -0.481 e. The van der Waals surface area contributed by atoms with E-state index in [1.54, 1.807) is 47.6 Å². The summed E-state index contributed by atoms with van der Waals surface area (Å²) in [5, 5.41) is 15.3. The van der Waals surface area contributed by atoms with Crippen molar-refractivity contribution in [3.05, 3.63) is 89.2 Å². The fourth-order valence-corrected chi connectivity index (χ4v) is 5.02. The van der Waals surface area contributed by atoms with Crippen LogP contribution in [0, 0.1) is 12.3 Å². The second-order valence-corrected chi connectivity index (χ2v) is 12.1. The van der Waals surface area contributed by atoms with Gasteiger partial charge in [-0.3, -0.25) is 24.2 Å². The molecule has 1 atom stereocenters. The van der Waals surface area contributed by atoms with E-state index < -0.39 is 17.9 Å². The van der Waals surface area contributed by atoms with Gasteiger partial charge in [-0.25, -0.2) is 0 Å². The van der Waals surface area contributed by atoms with Crippen LogP contribution in [0.4, 0.5) is 11.4 Å². The number of hydrogen-bond donors (Lipinski definition) is 3. The van der Waals surface area contributed by atoms with Gasteiger partial charge >= 0.3 is 5.97 Å². The SMILES string of the molecule is Cc1ccc(C(CC(=O)O)NC(=O)c2ccc(N3CCN(C(=O)c4cccnc4)CC3)c(NC(=O)CC(C)(C)C)c2)cc1. The molecule has 0 aliphatic carbocycles. The molecule has 3 aromatic rings. The maximum Gasteiger partial charge on any atom is 0.305 e. The van der Waals surface area contributed by atoms with Crippen LogP contribution in [0.1, 0.15) is 71.5 Å². The van der Waals surface area contributed by atoms with Crippen molar-refractivity contribution >= 4 is 35.1 Å². The normalized spacial score (nSPS) is 14.1. The quantitative estimate of drug-likeness (QED) is 0.332.